The number of halogens is 1. The molecule has 2 aromatic carbocycles. The van der Waals surface area contributed by atoms with Crippen molar-refractivity contribution >= 4 is 5.78 Å². The van der Waals surface area contributed by atoms with Crippen molar-refractivity contribution in [2.45, 2.75) is 38.5 Å². The molecule has 0 amide bonds. The Kier molecular flexibility index (Phi) is 3.87. The maximum absolute atomic E-state index is 13.2. The molecule has 3 rings (SSSR count). The van der Waals surface area contributed by atoms with Gasteiger partial charge in [0.2, 0.25) is 0 Å². The van der Waals surface area contributed by atoms with Gasteiger partial charge in [-0.25, -0.2) is 4.39 Å². The summed E-state index contributed by atoms with van der Waals surface area (Å²) in [6, 6.07) is 12.8. The zero-order chi connectivity index (χ0) is 14.8. The van der Waals surface area contributed by atoms with E-state index in [1.165, 1.54) is 23.3 Å². The topological polar surface area (TPSA) is 17.1 Å². The minimum Gasteiger partial charge on any atom is -0.294 e. The first kappa shape index (κ1) is 14.0. The van der Waals surface area contributed by atoms with Crippen molar-refractivity contribution in [1.29, 1.82) is 0 Å². The molecule has 0 bridgehead atoms. The number of rotatable bonds is 3. The Labute approximate surface area is 124 Å². The molecule has 1 nitrogen and oxygen atoms in total. The van der Waals surface area contributed by atoms with Gasteiger partial charge in [-0.2, -0.15) is 0 Å². The molecule has 2 aromatic rings. The molecule has 1 unspecified atom stereocenters. The Morgan fingerprint density at radius 1 is 1.24 bits per heavy atom. The van der Waals surface area contributed by atoms with Gasteiger partial charge in [0.25, 0.3) is 0 Å². The molecule has 108 valence electrons. The van der Waals surface area contributed by atoms with E-state index in [2.05, 4.69) is 18.2 Å². The number of carbonyl (C=O) groups excluding carboxylic acids is 1. The van der Waals surface area contributed by atoms with Crippen molar-refractivity contribution in [1.82, 2.24) is 0 Å². The summed E-state index contributed by atoms with van der Waals surface area (Å²) in [5, 5.41) is 0. The van der Waals surface area contributed by atoms with Crippen molar-refractivity contribution in [2.75, 3.05) is 0 Å². The lowest BCUT2D eigenvalue weighted by molar-refractivity contribution is 0.0970. The fourth-order valence-corrected chi connectivity index (χ4v) is 3.34. The number of hydrogen-bond acceptors (Lipinski definition) is 1. The first-order valence-electron chi connectivity index (χ1n) is 7.52. The summed E-state index contributed by atoms with van der Waals surface area (Å²) in [4.78, 5) is 12.5. The Hall–Kier alpha value is -1.96. The van der Waals surface area contributed by atoms with Crippen molar-refractivity contribution in [3.05, 3.63) is 70.5 Å². The second kappa shape index (κ2) is 5.80. The van der Waals surface area contributed by atoms with Gasteiger partial charge >= 0.3 is 0 Å². The number of benzene rings is 2. The number of carbonyl (C=O) groups is 1. The zero-order valence-electron chi connectivity index (χ0n) is 12.2. The third-order valence-corrected chi connectivity index (χ3v) is 4.41. The maximum Gasteiger partial charge on any atom is 0.163 e. The lowest BCUT2D eigenvalue weighted by Gasteiger charge is -2.25. The highest BCUT2D eigenvalue weighted by Gasteiger charge is 2.23. The van der Waals surface area contributed by atoms with Gasteiger partial charge in [0.05, 0.1) is 0 Å². The van der Waals surface area contributed by atoms with Gasteiger partial charge in [0.15, 0.2) is 5.78 Å². The summed E-state index contributed by atoms with van der Waals surface area (Å²) >= 11 is 0. The molecule has 2 heteroatoms. The molecule has 0 radical (unpaired) electrons. The third-order valence-electron chi connectivity index (χ3n) is 4.41. The molecule has 0 aliphatic heterocycles. The smallest absolute Gasteiger partial charge is 0.163 e. The van der Waals surface area contributed by atoms with Crippen LogP contribution in [0.15, 0.2) is 42.5 Å². The van der Waals surface area contributed by atoms with Gasteiger partial charge in [0, 0.05) is 12.0 Å². The lowest BCUT2D eigenvalue weighted by Crippen LogP contribution is -2.14. The fraction of sp³-hybridized carbons (Fsp3) is 0.316. The van der Waals surface area contributed by atoms with E-state index in [4.69, 9.17) is 0 Å². The number of ketones is 1. The van der Waals surface area contributed by atoms with Crippen molar-refractivity contribution in [2.24, 2.45) is 0 Å². The van der Waals surface area contributed by atoms with E-state index < -0.39 is 0 Å². The Morgan fingerprint density at radius 3 is 2.86 bits per heavy atom. The molecular weight excluding hydrogens is 263 g/mol. The van der Waals surface area contributed by atoms with Crippen molar-refractivity contribution < 1.29 is 9.18 Å². The molecule has 1 aliphatic carbocycles. The van der Waals surface area contributed by atoms with E-state index in [0.717, 1.165) is 24.8 Å². The van der Waals surface area contributed by atoms with Crippen LogP contribution in [0.25, 0.3) is 0 Å². The standard InChI is InChI=1S/C19H19FO/c1-13-11-16(20)9-10-17(13)19(21)12-15-7-4-6-14-5-2-3-8-18(14)15/h2-3,5,8-11,15H,4,6-7,12H2,1H3. The number of Topliss-reactive ketones (excluding diaryl/α,β-unsaturated/α-hetero) is 1. The molecule has 0 fully saturated rings. The monoisotopic (exact) mass is 282 g/mol. The normalized spacial score (nSPS) is 17.3. The van der Waals surface area contributed by atoms with Crippen LogP contribution in [-0.4, -0.2) is 5.78 Å². The fourth-order valence-electron chi connectivity index (χ4n) is 3.34. The molecule has 1 atom stereocenters. The van der Waals surface area contributed by atoms with Gasteiger partial charge < -0.3 is 0 Å². The zero-order valence-corrected chi connectivity index (χ0v) is 12.2. The van der Waals surface area contributed by atoms with E-state index in [0.29, 0.717) is 17.9 Å². The van der Waals surface area contributed by atoms with E-state index in [1.54, 1.807) is 13.0 Å². The predicted molar refractivity (Wildman–Crippen MR) is 82.2 cm³/mol. The van der Waals surface area contributed by atoms with Gasteiger partial charge in [-0.05, 0) is 67.0 Å². The van der Waals surface area contributed by atoms with Crippen LogP contribution in [-0.2, 0) is 6.42 Å². The minimum atomic E-state index is -0.285. The second-order valence-corrected chi connectivity index (χ2v) is 5.87. The van der Waals surface area contributed by atoms with E-state index in [1.807, 2.05) is 6.07 Å². The maximum atomic E-state index is 13.2. The summed E-state index contributed by atoms with van der Waals surface area (Å²) in [7, 11) is 0. The van der Waals surface area contributed by atoms with Gasteiger partial charge in [-0.15, -0.1) is 0 Å². The molecule has 1 aliphatic rings. The Bertz CT molecular complexity index is 675. The summed E-state index contributed by atoms with van der Waals surface area (Å²) in [5.74, 6) is 0.133. The van der Waals surface area contributed by atoms with E-state index in [9.17, 15) is 9.18 Å². The van der Waals surface area contributed by atoms with Crippen molar-refractivity contribution in [3.8, 4) is 0 Å². The second-order valence-electron chi connectivity index (χ2n) is 5.87. The molecule has 0 N–H and O–H groups in total. The van der Waals surface area contributed by atoms with Crippen LogP contribution in [0.1, 0.15) is 52.2 Å². The quantitative estimate of drug-likeness (QED) is 0.737. The summed E-state index contributed by atoms with van der Waals surface area (Å²) in [5.41, 5.74) is 4.07. The third kappa shape index (κ3) is 2.90. The van der Waals surface area contributed by atoms with Crippen molar-refractivity contribution in [3.63, 3.8) is 0 Å². The van der Waals surface area contributed by atoms with Crippen LogP contribution < -0.4 is 0 Å². The number of aryl methyl sites for hydroxylation is 2. The van der Waals surface area contributed by atoms with E-state index in [-0.39, 0.29) is 11.6 Å². The number of hydrogen-bond donors (Lipinski definition) is 0. The first-order valence-corrected chi connectivity index (χ1v) is 7.52. The molecular formula is C19H19FO. The predicted octanol–water partition coefficient (Wildman–Crippen LogP) is 4.83. The largest absolute Gasteiger partial charge is 0.294 e. The van der Waals surface area contributed by atoms with Gasteiger partial charge in [-0.1, -0.05) is 24.3 Å². The lowest BCUT2D eigenvalue weighted by atomic mass is 9.79. The minimum absolute atomic E-state index is 0.120. The molecule has 0 saturated heterocycles. The van der Waals surface area contributed by atoms with Gasteiger partial charge in [0.1, 0.15) is 5.82 Å². The van der Waals surface area contributed by atoms with Crippen LogP contribution in [0.5, 0.6) is 0 Å². The van der Waals surface area contributed by atoms with E-state index >= 15 is 0 Å². The van der Waals surface area contributed by atoms with Crippen LogP contribution in [0.2, 0.25) is 0 Å². The first-order chi connectivity index (χ1) is 10.1. The molecule has 0 heterocycles. The molecule has 0 aromatic heterocycles. The highest BCUT2D eigenvalue weighted by Crippen LogP contribution is 2.34. The molecule has 0 spiro atoms. The molecule has 0 saturated carbocycles. The van der Waals surface area contributed by atoms with Crippen LogP contribution >= 0.6 is 0 Å². The highest BCUT2D eigenvalue weighted by atomic mass is 19.1. The summed E-state index contributed by atoms with van der Waals surface area (Å²) < 4.78 is 13.2. The van der Waals surface area contributed by atoms with Crippen LogP contribution in [0.3, 0.4) is 0 Å². The Balaban J connectivity index is 1.83. The summed E-state index contributed by atoms with van der Waals surface area (Å²) in [6.07, 6.45) is 3.82. The van der Waals surface area contributed by atoms with Gasteiger partial charge in [-0.3, -0.25) is 4.79 Å². The SMILES string of the molecule is Cc1cc(F)ccc1C(=O)CC1CCCc2ccccc21. The van der Waals surface area contributed by atoms with Crippen LogP contribution in [0, 0.1) is 12.7 Å². The molecule has 21 heavy (non-hydrogen) atoms. The van der Waals surface area contributed by atoms with Crippen LogP contribution in [0.4, 0.5) is 4.39 Å². The average Bonchev–Trinajstić information content (AvgIpc) is 2.47. The highest BCUT2D eigenvalue weighted by molar-refractivity contribution is 5.97. The number of fused-ring (bicyclic) bond motifs is 1. The summed E-state index contributed by atoms with van der Waals surface area (Å²) in [6.45, 7) is 1.80. The Morgan fingerprint density at radius 2 is 2.05 bits per heavy atom. The average molecular weight is 282 g/mol.